The van der Waals surface area contributed by atoms with Crippen LogP contribution in [-0.2, 0) is 4.79 Å². The summed E-state index contributed by atoms with van der Waals surface area (Å²) < 4.78 is 0. The molecule has 0 fully saturated rings. The molecule has 2 aliphatic heterocycles. The van der Waals surface area contributed by atoms with Crippen LogP contribution in [0.25, 0.3) is 0 Å². The lowest BCUT2D eigenvalue weighted by Crippen LogP contribution is -2.40. The van der Waals surface area contributed by atoms with Gasteiger partial charge in [0.1, 0.15) is 0 Å². The van der Waals surface area contributed by atoms with Crippen molar-refractivity contribution in [1.82, 2.24) is 10.3 Å². The first-order valence-electron chi connectivity index (χ1n) is 10.5. The lowest BCUT2D eigenvalue weighted by Gasteiger charge is -2.24. The van der Waals surface area contributed by atoms with Crippen LogP contribution in [0.15, 0.2) is 84.0 Å². The molecule has 3 amide bonds. The number of aliphatic hydroxyl groups is 1. The number of hydrazone groups is 1. The van der Waals surface area contributed by atoms with Crippen molar-refractivity contribution in [3.63, 3.8) is 0 Å². The molecule has 33 heavy (non-hydrogen) atoms. The van der Waals surface area contributed by atoms with Gasteiger partial charge in [0, 0.05) is 35.3 Å². The number of aliphatic hydroxyl groups excluding tert-OH is 1. The third kappa shape index (κ3) is 3.56. The first-order valence-corrected chi connectivity index (χ1v) is 10.5. The molecule has 0 radical (unpaired) electrons. The Balaban J connectivity index is 1.35. The van der Waals surface area contributed by atoms with Crippen LogP contribution in [0.2, 0.25) is 0 Å². The van der Waals surface area contributed by atoms with Gasteiger partial charge in [-0.3, -0.25) is 14.4 Å². The monoisotopic (exact) mass is 440 g/mol. The van der Waals surface area contributed by atoms with Gasteiger partial charge >= 0.3 is 0 Å². The second kappa shape index (κ2) is 8.33. The Kier molecular flexibility index (Phi) is 5.20. The standard InChI is InChI=1S/C25H20N4O4/c30-22(16-8-2-1-3-9-16)27-26-21-19-12-6-7-13-20(19)28(25(21)33)14-15-29-23(31)17-10-4-5-11-18(17)24(29)32/h1-13,23,31H,14-15H2,(H,27,30)/b26-21-. The molecule has 2 aliphatic rings. The van der Waals surface area contributed by atoms with Gasteiger partial charge in [-0.1, -0.05) is 54.6 Å². The van der Waals surface area contributed by atoms with Crippen molar-refractivity contribution in [3.05, 3.63) is 101 Å². The fourth-order valence-corrected chi connectivity index (χ4v) is 4.13. The lowest BCUT2D eigenvalue weighted by molar-refractivity contribution is -0.112. The number of anilines is 1. The zero-order chi connectivity index (χ0) is 22.9. The van der Waals surface area contributed by atoms with Gasteiger partial charge in [-0.15, -0.1) is 0 Å². The van der Waals surface area contributed by atoms with Gasteiger partial charge in [-0.2, -0.15) is 5.10 Å². The van der Waals surface area contributed by atoms with E-state index in [4.69, 9.17) is 0 Å². The summed E-state index contributed by atoms with van der Waals surface area (Å²) in [6.45, 7) is 0.302. The zero-order valence-corrected chi connectivity index (χ0v) is 17.5. The second-order valence-electron chi connectivity index (χ2n) is 7.70. The number of hydrogen-bond donors (Lipinski definition) is 2. The van der Waals surface area contributed by atoms with E-state index in [1.165, 1.54) is 9.80 Å². The predicted octanol–water partition coefficient (Wildman–Crippen LogP) is 2.31. The third-order valence-electron chi connectivity index (χ3n) is 5.79. The van der Waals surface area contributed by atoms with E-state index >= 15 is 0 Å². The average molecular weight is 440 g/mol. The number of hydrogen-bond acceptors (Lipinski definition) is 5. The molecule has 0 aromatic heterocycles. The van der Waals surface area contributed by atoms with Crippen LogP contribution in [0.4, 0.5) is 5.69 Å². The Hall–Kier alpha value is -4.30. The van der Waals surface area contributed by atoms with Crippen molar-refractivity contribution in [2.45, 2.75) is 6.23 Å². The zero-order valence-electron chi connectivity index (χ0n) is 17.5. The van der Waals surface area contributed by atoms with E-state index in [1.807, 2.05) is 0 Å². The molecule has 0 bridgehead atoms. The van der Waals surface area contributed by atoms with Gasteiger partial charge in [-0.05, 0) is 24.3 Å². The van der Waals surface area contributed by atoms with Crippen molar-refractivity contribution >= 4 is 29.1 Å². The lowest BCUT2D eigenvalue weighted by atomic mass is 10.1. The van der Waals surface area contributed by atoms with Crippen LogP contribution in [-0.4, -0.2) is 46.5 Å². The van der Waals surface area contributed by atoms with E-state index in [2.05, 4.69) is 10.5 Å². The highest BCUT2D eigenvalue weighted by molar-refractivity contribution is 6.54. The SMILES string of the molecule is O=C(N/N=C1\C(=O)N(CCN2C(=O)c3ccccc3C2O)c2ccccc21)c1ccccc1. The maximum absolute atomic E-state index is 13.2. The van der Waals surface area contributed by atoms with Crippen molar-refractivity contribution in [2.75, 3.05) is 18.0 Å². The van der Waals surface area contributed by atoms with Crippen LogP contribution in [0.3, 0.4) is 0 Å². The maximum atomic E-state index is 13.2. The first-order chi connectivity index (χ1) is 16.1. The molecule has 1 atom stereocenters. The van der Waals surface area contributed by atoms with Gasteiger partial charge in [0.2, 0.25) is 0 Å². The van der Waals surface area contributed by atoms with Crippen LogP contribution in [0, 0.1) is 0 Å². The number of nitrogens with one attached hydrogen (secondary N) is 1. The van der Waals surface area contributed by atoms with Crippen molar-refractivity contribution in [1.29, 1.82) is 0 Å². The van der Waals surface area contributed by atoms with Gasteiger partial charge in [0.15, 0.2) is 11.9 Å². The molecule has 8 nitrogen and oxygen atoms in total. The fourth-order valence-electron chi connectivity index (χ4n) is 4.13. The molecule has 3 aromatic rings. The highest BCUT2D eigenvalue weighted by Crippen LogP contribution is 2.33. The van der Waals surface area contributed by atoms with E-state index in [9.17, 15) is 19.5 Å². The number of rotatable bonds is 5. The van der Waals surface area contributed by atoms with Crippen molar-refractivity contribution in [2.24, 2.45) is 5.10 Å². The van der Waals surface area contributed by atoms with E-state index in [0.29, 0.717) is 27.9 Å². The van der Waals surface area contributed by atoms with Crippen LogP contribution in [0.1, 0.15) is 38.1 Å². The second-order valence-corrected chi connectivity index (χ2v) is 7.70. The minimum absolute atomic E-state index is 0.117. The number of benzene rings is 3. The summed E-state index contributed by atoms with van der Waals surface area (Å²) in [6, 6.07) is 22.6. The van der Waals surface area contributed by atoms with Crippen LogP contribution >= 0.6 is 0 Å². The van der Waals surface area contributed by atoms with E-state index in [1.54, 1.807) is 78.9 Å². The van der Waals surface area contributed by atoms with Crippen molar-refractivity contribution < 1.29 is 19.5 Å². The molecule has 8 heteroatoms. The Labute approximate surface area is 189 Å². The van der Waals surface area contributed by atoms with Gasteiger partial charge in [0.25, 0.3) is 17.7 Å². The fraction of sp³-hybridized carbons (Fsp3) is 0.120. The summed E-state index contributed by atoms with van der Waals surface area (Å²) in [5.41, 5.74) is 5.24. The topological polar surface area (TPSA) is 102 Å². The summed E-state index contributed by atoms with van der Waals surface area (Å²) in [6.07, 6.45) is -1.06. The highest BCUT2D eigenvalue weighted by Gasteiger charge is 2.38. The predicted molar refractivity (Wildman–Crippen MR) is 122 cm³/mol. The van der Waals surface area contributed by atoms with E-state index in [0.717, 1.165) is 0 Å². The van der Waals surface area contributed by atoms with Crippen LogP contribution in [0.5, 0.6) is 0 Å². The molecule has 3 aromatic carbocycles. The number of carbonyl (C=O) groups excluding carboxylic acids is 3. The minimum atomic E-state index is -1.06. The number of nitrogens with zero attached hydrogens (tertiary/aromatic N) is 3. The Morgan fingerprint density at radius 2 is 1.52 bits per heavy atom. The highest BCUT2D eigenvalue weighted by atomic mass is 16.3. The Morgan fingerprint density at radius 3 is 2.27 bits per heavy atom. The maximum Gasteiger partial charge on any atom is 0.279 e. The largest absolute Gasteiger partial charge is 0.369 e. The van der Waals surface area contributed by atoms with E-state index in [-0.39, 0.29) is 30.6 Å². The molecule has 2 heterocycles. The normalized spacial score (nSPS) is 18.0. The van der Waals surface area contributed by atoms with Gasteiger partial charge < -0.3 is 14.9 Å². The summed E-state index contributed by atoms with van der Waals surface area (Å²) in [7, 11) is 0. The summed E-state index contributed by atoms with van der Waals surface area (Å²) in [4.78, 5) is 41.1. The number of fused-ring (bicyclic) bond motifs is 2. The first kappa shape index (κ1) is 20.6. The van der Waals surface area contributed by atoms with Crippen LogP contribution < -0.4 is 10.3 Å². The third-order valence-corrected chi connectivity index (χ3v) is 5.79. The molecule has 0 spiro atoms. The summed E-state index contributed by atoms with van der Waals surface area (Å²) >= 11 is 0. The summed E-state index contributed by atoms with van der Waals surface area (Å²) in [5, 5.41) is 14.7. The molecule has 0 saturated carbocycles. The molecule has 1 unspecified atom stereocenters. The van der Waals surface area contributed by atoms with E-state index < -0.39 is 12.1 Å². The molecule has 0 aliphatic carbocycles. The Bertz CT molecular complexity index is 1290. The number of para-hydroxylation sites is 1. The molecule has 5 rings (SSSR count). The number of amides is 3. The molecule has 164 valence electrons. The summed E-state index contributed by atoms with van der Waals surface area (Å²) in [5.74, 6) is -1.08. The molecule has 2 N–H and O–H groups in total. The van der Waals surface area contributed by atoms with Gasteiger partial charge in [0.05, 0.1) is 5.69 Å². The smallest absolute Gasteiger partial charge is 0.279 e. The molecular weight excluding hydrogens is 420 g/mol. The van der Waals surface area contributed by atoms with Gasteiger partial charge in [-0.25, -0.2) is 5.43 Å². The Morgan fingerprint density at radius 1 is 0.848 bits per heavy atom. The van der Waals surface area contributed by atoms with Crippen molar-refractivity contribution in [3.8, 4) is 0 Å². The molecule has 0 saturated heterocycles. The minimum Gasteiger partial charge on any atom is -0.369 e. The number of carbonyl (C=O) groups is 3. The average Bonchev–Trinajstić information content (AvgIpc) is 3.26. The quantitative estimate of drug-likeness (QED) is 0.595. The molecular formula is C25H20N4O4.